The van der Waals surface area contributed by atoms with Crippen LogP contribution in [-0.2, 0) is 6.18 Å². The highest BCUT2D eigenvalue weighted by atomic mass is 19.4. The molecule has 1 aromatic rings. The fourth-order valence-electron chi connectivity index (χ4n) is 1.05. The molecule has 1 rings (SSSR count). The zero-order valence-corrected chi connectivity index (χ0v) is 8.29. The van der Waals surface area contributed by atoms with Gasteiger partial charge in [-0.2, -0.15) is 26.3 Å². The third-order valence-electron chi connectivity index (χ3n) is 1.74. The van der Waals surface area contributed by atoms with Crippen LogP contribution in [0, 0.1) is 5.82 Å². The molecule has 9 heteroatoms. The summed E-state index contributed by atoms with van der Waals surface area (Å²) in [4.78, 5) is 10.6. The first-order valence-electron chi connectivity index (χ1n) is 4.01. The standard InChI is InChI=1S/C9H3F7O.H2O/c10-6-2-4(7(17)9(14,15)16)1-5(3-6)8(11,12)13;/h1-3H;1H2. The summed E-state index contributed by atoms with van der Waals surface area (Å²) in [6.07, 6.45) is -10.4. The number of benzene rings is 1. The Labute approximate surface area is 95.3 Å². The van der Waals surface area contributed by atoms with E-state index in [0.29, 0.717) is 0 Å². The van der Waals surface area contributed by atoms with Crippen LogP contribution in [0.5, 0.6) is 0 Å². The number of rotatable bonds is 1. The van der Waals surface area contributed by atoms with Crippen LogP contribution in [-0.4, -0.2) is 17.4 Å². The van der Waals surface area contributed by atoms with E-state index >= 15 is 0 Å². The van der Waals surface area contributed by atoms with Gasteiger partial charge in [-0.1, -0.05) is 0 Å². The number of alkyl halides is 6. The molecule has 0 atom stereocenters. The Balaban J connectivity index is 0.00000289. The van der Waals surface area contributed by atoms with Crippen molar-refractivity contribution in [2.24, 2.45) is 0 Å². The zero-order valence-electron chi connectivity index (χ0n) is 8.29. The third-order valence-corrected chi connectivity index (χ3v) is 1.74. The second-order valence-corrected chi connectivity index (χ2v) is 3.05. The zero-order chi connectivity index (χ0) is 13.4. The van der Waals surface area contributed by atoms with Crippen LogP contribution in [0.2, 0.25) is 0 Å². The summed E-state index contributed by atoms with van der Waals surface area (Å²) in [5.41, 5.74) is -3.03. The molecule has 0 aliphatic rings. The lowest BCUT2D eigenvalue weighted by molar-refractivity contribution is -0.137. The minimum Gasteiger partial charge on any atom is -0.412 e. The molecule has 0 saturated heterocycles. The Morgan fingerprint density at radius 2 is 1.44 bits per heavy atom. The van der Waals surface area contributed by atoms with E-state index in [2.05, 4.69) is 0 Å². The van der Waals surface area contributed by atoms with Gasteiger partial charge in [0.25, 0.3) is 5.78 Å². The van der Waals surface area contributed by atoms with Crippen molar-refractivity contribution in [3.8, 4) is 0 Å². The van der Waals surface area contributed by atoms with Gasteiger partial charge in [-0.25, -0.2) is 4.39 Å². The van der Waals surface area contributed by atoms with E-state index in [1.165, 1.54) is 0 Å². The average molecular weight is 278 g/mol. The van der Waals surface area contributed by atoms with Crippen LogP contribution in [0.15, 0.2) is 18.2 Å². The van der Waals surface area contributed by atoms with Crippen LogP contribution < -0.4 is 0 Å². The highest BCUT2D eigenvalue weighted by molar-refractivity contribution is 6.00. The predicted octanol–water partition coefficient (Wildman–Crippen LogP) is 2.76. The van der Waals surface area contributed by atoms with Crippen molar-refractivity contribution >= 4 is 5.78 Å². The van der Waals surface area contributed by atoms with Crippen molar-refractivity contribution in [2.75, 3.05) is 0 Å². The third kappa shape index (κ3) is 3.69. The van der Waals surface area contributed by atoms with E-state index in [4.69, 9.17) is 0 Å². The van der Waals surface area contributed by atoms with Gasteiger partial charge >= 0.3 is 12.4 Å². The minimum atomic E-state index is -5.35. The molecule has 0 saturated carbocycles. The first-order valence-corrected chi connectivity index (χ1v) is 4.01. The highest BCUT2D eigenvalue weighted by Gasteiger charge is 2.41. The molecule has 2 N–H and O–H groups in total. The summed E-state index contributed by atoms with van der Waals surface area (Å²) in [5, 5.41) is 0. The van der Waals surface area contributed by atoms with Crippen molar-refractivity contribution < 1.29 is 41.0 Å². The van der Waals surface area contributed by atoms with Gasteiger partial charge in [-0.3, -0.25) is 4.79 Å². The van der Waals surface area contributed by atoms with E-state index in [1.807, 2.05) is 0 Å². The molecular formula is C9H5F7O2. The van der Waals surface area contributed by atoms with Gasteiger partial charge in [0.1, 0.15) is 5.82 Å². The van der Waals surface area contributed by atoms with E-state index in [1.54, 1.807) is 0 Å². The molecule has 102 valence electrons. The summed E-state index contributed by atoms with van der Waals surface area (Å²) in [7, 11) is 0. The maximum Gasteiger partial charge on any atom is 0.454 e. The van der Waals surface area contributed by atoms with Gasteiger partial charge in [0, 0.05) is 5.56 Å². The minimum absolute atomic E-state index is 0. The molecule has 0 unspecified atom stereocenters. The number of hydrogen-bond acceptors (Lipinski definition) is 1. The molecule has 0 radical (unpaired) electrons. The molecule has 2 nitrogen and oxygen atoms in total. The smallest absolute Gasteiger partial charge is 0.412 e. The molecule has 0 fully saturated rings. The fraction of sp³-hybridized carbons (Fsp3) is 0.222. The molecule has 1 aromatic carbocycles. The van der Waals surface area contributed by atoms with E-state index in [-0.39, 0.29) is 23.7 Å². The Kier molecular flexibility index (Phi) is 4.48. The first-order chi connectivity index (χ1) is 7.51. The Morgan fingerprint density at radius 3 is 1.83 bits per heavy atom. The van der Waals surface area contributed by atoms with Crippen molar-refractivity contribution in [2.45, 2.75) is 12.4 Å². The summed E-state index contributed by atoms with van der Waals surface area (Å²) < 4.78 is 85.0. The largest absolute Gasteiger partial charge is 0.454 e. The second-order valence-electron chi connectivity index (χ2n) is 3.05. The molecule has 0 bridgehead atoms. The average Bonchev–Trinajstić information content (AvgIpc) is 2.12. The topological polar surface area (TPSA) is 48.6 Å². The maximum absolute atomic E-state index is 12.7. The van der Waals surface area contributed by atoms with Crippen molar-refractivity contribution in [1.82, 2.24) is 0 Å². The van der Waals surface area contributed by atoms with Crippen LogP contribution >= 0.6 is 0 Å². The number of Topliss-reactive ketones (excluding diaryl/α,β-unsaturated/α-hetero) is 1. The lowest BCUT2D eigenvalue weighted by Crippen LogP contribution is -2.23. The molecule has 0 aliphatic carbocycles. The van der Waals surface area contributed by atoms with Crippen LogP contribution in [0.4, 0.5) is 30.7 Å². The molecule has 18 heavy (non-hydrogen) atoms. The fourth-order valence-corrected chi connectivity index (χ4v) is 1.05. The maximum atomic E-state index is 12.7. The summed E-state index contributed by atoms with van der Waals surface area (Å²) in [5.74, 6) is -4.09. The number of hydrogen-bond donors (Lipinski definition) is 0. The van der Waals surface area contributed by atoms with Gasteiger partial charge in [0.2, 0.25) is 0 Å². The SMILES string of the molecule is O.O=C(c1cc(F)cc(C(F)(F)F)c1)C(F)(F)F. The van der Waals surface area contributed by atoms with Gasteiger partial charge < -0.3 is 5.48 Å². The lowest BCUT2D eigenvalue weighted by atomic mass is 10.1. The van der Waals surface area contributed by atoms with Crippen LogP contribution in [0.25, 0.3) is 0 Å². The Bertz CT molecular complexity index is 447. The first kappa shape index (κ1) is 16.4. The molecule has 0 heterocycles. The summed E-state index contributed by atoms with van der Waals surface area (Å²) >= 11 is 0. The molecule has 0 aliphatic heterocycles. The van der Waals surface area contributed by atoms with Crippen LogP contribution in [0.1, 0.15) is 15.9 Å². The van der Waals surface area contributed by atoms with Crippen LogP contribution in [0.3, 0.4) is 0 Å². The lowest BCUT2D eigenvalue weighted by Gasteiger charge is -2.10. The molecule has 0 spiro atoms. The Morgan fingerprint density at radius 1 is 0.944 bits per heavy atom. The van der Waals surface area contributed by atoms with Gasteiger partial charge in [0.15, 0.2) is 0 Å². The van der Waals surface area contributed by atoms with Crippen molar-refractivity contribution in [3.05, 3.63) is 35.1 Å². The summed E-state index contributed by atoms with van der Waals surface area (Å²) in [6, 6.07) is 0.0666. The van der Waals surface area contributed by atoms with Gasteiger partial charge in [-0.05, 0) is 18.2 Å². The molecular weight excluding hydrogens is 273 g/mol. The highest BCUT2D eigenvalue weighted by Crippen LogP contribution is 2.32. The monoisotopic (exact) mass is 278 g/mol. The van der Waals surface area contributed by atoms with Gasteiger partial charge in [0.05, 0.1) is 5.56 Å². The van der Waals surface area contributed by atoms with E-state index in [9.17, 15) is 35.5 Å². The quantitative estimate of drug-likeness (QED) is 0.575. The number of halogens is 7. The normalized spacial score (nSPS) is 11.9. The number of carbonyl (C=O) groups excluding carboxylic acids is 1. The van der Waals surface area contributed by atoms with Crippen molar-refractivity contribution in [1.29, 1.82) is 0 Å². The molecule has 0 aromatic heterocycles. The number of ketones is 1. The molecule has 0 amide bonds. The second kappa shape index (κ2) is 4.92. The predicted molar refractivity (Wildman–Crippen MR) is 45.4 cm³/mol. The number of carbonyl (C=O) groups is 1. The van der Waals surface area contributed by atoms with E-state index in [0.717, 1.165) is 0 Å². The van der Waals surface area contributed by atoms with E-state index < -0.39 is 35.1 Å². The Hall–Kier alpha value is -1.64. The summed E-state index contributed by atoms with van der Waals surface area (Å²) in [6.45, 7) is 0. The van der Waals surface area contributed by atoms with Crippen molar-refractivity contribution in [3.63, 3.8) is 0 Å². The van der Waals surface area contributed by atoms with Gasteiger partial charge in [-0.15, -0.1) is 0 Å².